The fourth-order valence-corrected chi connectivity index (χ4v) is 4.86. The topological polar surface area (TPSA) is 111 Å². The Morgan fingerprint density at radius 2 is 1.96 bits per heavy atom. The van der Waals surface area contributed by atoms with E-state index in [0.717, 1.165) is 16.2 Å². The van der Waals surface area contributed by atoms with E-state index in [0.29, 0.717) is 22.0 Å². The normalized spacial score (nSPS) is 15.4. The molecule has 10 heteroatoms. The molecule has 4 aromatic rings. The molecule has 0 unspecified atom stereocenters. The Morgan fingerprint density at radius 3 is 2.68 bits per heavy atom. The van der Waals surface area contributed by atoms with Gasteiger partial charge in [0.15, 0.2) is 5.82 Å². The van der Waals surface area contributed by atoms with Gasteiger partial charge in [0.1, 0.15) is 11.1 Å². The first-order valence-electron chi connectivity index (χ1n) is 8.22. The number of aromatic nitrogens is 3. The predicted octanol–water partition coefficient (Wildman–Crippen LogP) is 0.629. The fraction of sp³-hybridized carbons (Fsp3) is 0.0556. The summed E-state index contributed by atoms with van der Waals surface area (Å²) in [6.07, 6.45) is 0. The summed E-state index contributed by atoms with van der Waals surface area (Å²) in [6.45, 7) is -0.253. The summed E-state index contributed by atoms with van der Waals surface area (Å²) in [7, 11) is 0. The van der Waals surface area contributed by atoms with Crippen molar-refractivity contribution in [1.82, 2.24) is 14.6 Å². The van der Waals surface area contributed by atoms with Gasteiger partial charge in [-0.2, -0.15) is 9.50 Å². The van der Waals surface area contributed by atoms with Crippen LogP contribution in [0.2, 0.25) is 0 Å². The van der Waals surface area contributed by atoms with Crippen molar-refractivity contribution in [2.24, 2.45) is 5.73 Å². The van der Waals surface area contributed by atoms with Gasteiger partial charge in [-0.1, -0.05) is 35.6 Å². The average molecular weight is 409 g/mol. The molecule has 0 aliphatic carbocycles. The van der Waals surface area contributed by atoms with E-state index in [4.69, 9.17) is 5.73 Å². The minimum absolute atomic E-state index is 0.247. The lowest BCUT2D eigenvalue weighted by Gasteiger charge is -2.14. The molecule has 2 amide bonds. The van der Waals surface area contributed by atoms with Gasteiger partial charge in [0.05, 0.1) is 16.1 Å². The Balaban J connectivity index is 1.75. The first-order chi connectivity index (χ1) is 13.5. The summed E-state index contributed by atoms with van der Waals surface area (Å²) in [5.74, 6) is -0.585. The number of para-hydroxylation sites is 1. The zero-order chi connectivity index (χ0) is 19.4. The molecule has 0 fully saturated rings. The highest BCUT2D eigenvalue weighted by atomic mass is 32.1. The van der Waals surface area contributed by atoms with Crippen molar-refractivity contribution in [3.8, 4) is 10.7 Å². The van der Waals surface area contributed by atoms with Crippen molar-refractivity contribution in [1.29, 1.82) is 0 Å². The molecular formula is C18H11N5O3S2. The minimum Gasteiger partial charge on any atom is -0.368 e. The third-order valence-electron chi connectivity index (χ3n) is 4.36. The van der Waals surface area contributed by atoms with Crippen LogP contribution in [0.4, 0.5) is 5.69 Å². The highest BCUT2D eigenvalue weighted by Crippen LogP contribution is 2.34. The van der Waals surface area contributed by atoms with Crippen LogP contribution in [0.3, 0.4) is 0 Å². The number of nitrogens with zero attached hydrogens (tertiary/aromatic N) is 4. The monoisotopic (exact) mass is 409 g/mol. The second-order valence-electron chi connectivity index (χ2n) is 6.09. The van der Waals surface area contributed by atoms with E-state index >= 15 is 0 Å². The first kappa shape index (κ1) is 16.8. The molecule has 0 spiro atoms. The Bertz CT molecular complexity index is 1370. The molecule has 1 aliphatic heterocycles. The summed E-state index contributed by atoms with van der Waals surface area (Å²) >= 11 is 2.59. The third kappa shape index (κ3) is 2.38. The van der Waals surface area contributed by atoms with E-state index in [1.54, 1.807) is 24.3 Å². The Morgan fingerprint density at radius 1 is 1.14 bits per heavy atom. The maximum Gasteiger partial charge on any atom is 0.291 e. The summed E-state index contributed by atoms with van der Waals surface area (Å²) in [4.78, 5) is 44.4. The third-order valence-corrected chi connectivity index (χ3v) is 6.26. The van der Waals surface area contributed by atoms with Crippen molar-refractivity contribution >= 4 is 50.7 Å². The number of hydrogen-bond acceptors (Lipinski definition) is 7. The van der Waals surface area contributed by atoms with Crippen LogP contribution in [0.5, 0.6) is 0 Å². The molecule has 138 valence electrons. The molecule has 3 aromatic heterocycles. The van der Waals surface area contributed by atoms with Gasteiger partial charge in [0, 0.05) is 5.56 Å². The van der Waals surface area contributed by atoms with E-state index in [1.165, 1.54) is 20.8 Å². The second kappa shape index (κ2) is 6.08. The van der Waals surface area contributed by atoms with Gasteiger partial charge in [-0.05, 0) is 17.5 Å². The summed E-state index contributed by atoms with van der Waals surface area (Å²) in [6, 6.07) is 10.8. The largest absolute Gasteiger partial charge is 0.368 e. The van der Waals surface area contributed by atoms with E-state index in [2.05, 4.69) is 10.1 Å². The van der Waals surface area contributed by atoms with Crippen LogP contribution in [-0.2, 0) is 9.59 Å². The molecule has 0 saturated carbocycles. The summed E-state index contributed by atoms with van der Waals surface area (Å²) < 4.78 is 1.46. The molecule has 1 aliphatic rings. The average Bonchev–Trinajstić information content (AvgIpc) is 3.42. The van der Waals surface area contributed by atoms with E-state index < -0.39 is 17.4 Å². The summed E-state index contributed by atoms with van der Waals surface area (Å²) in [5.41, 5.74) is 6.27. The number of nitrogens with two attached hydrogens (primary N) is 1. The molecule has 0 saturated heterocycles. The van der Waals surface area contributed by atoms with Gasteiger partial charge in [-0.3, -0.25) is 19.3 Å². The van der Waals surface area contributed by atoms with Gasteiger partial charge in [0.2, 0.25) is 10.9 Å². The zero-order valence-electron chi connectivity index (χ0n) is 14.2. The van der Waals surface area contributed by atoms with Gasteiger partial charge in [-0.15, -0.1) is 16.4 Å². The van der Waals surface area contributed by atoms with Crippen molar-refractivity contribution in [3.05, 3.63) is 62.2 Å². The number of fused-ring (bicyclic) bond motifs is 2. The standard InChI is InChI=1S/C18H11N5O3S2/c19-12(24)8-22-10-5-2-1-4-9(10)13(16(22)25)14-17(26)23-18(28-14)20-15(21-23)11-6-3-7-27-11/h1-7H,8H2,(H2,19,24). The molecule has 5 rings (SSSR count). The summed E-state index contributed by atoms with van der Waals surface area (Å²) in [5, 5.41) is 6.20. The Labute approximate surface area is 165 Å². The molecule has 2 N–H and O–H groups in total. The van der Waals surface area contributed by atoms with Crippen LogP contribution in [0.1, 0.15) is 5.56 Å². The number of primary amides is 1. The quantitative estimate of drug-likeness (QED) is 0.534. The highest BCUT2D eigenvalue weighted by molar-refractivity contribution is 7.15. The number of thiazole rings is 1. The van der Waals surface area contributed by atoms with Crippen LogP contribution >= 0.6 is 22.7 Å². The van der Waals surface area contributed by atoms with Gasteiger partial charge >= 0.3 is 0 Å². The van der Waals surface area contributed by atoms with Crippen LogP contribution in [0, 0.1) is 0 Å². The molecule has 0 bridgehead atoms. The lowest BCUT2D eigenvalue weighted by Crippen LogP contribution is -2.37. The molecule has 4 heterocycles. The SMILES string of the molecule is NC(=O)CN1C(=O)C(=c2sc3nc(-c4cccs4)nn3c2=O)c2ccccc21. The smallest absolute Gasteiger partial charge is 0.291 e. The lowest BCUT2D eigenvalue weighted by molar-refractivity contribution is -0.119. The predicted molar refractivity (Wildman–Crippen MR) is 106 cm³/mol. The van der Waals surface area contributed by atoms with E-state index in [1.807, 2.05) is 17.5 Å². The maximum absolute atomic E-state index is 13.0. The molecule has 1 aromatic carbocycles. The highest BCUT2D eigenvalue weighted by Gasteiger charge is 2.35. The first-order valence-corrected chi connectivity index (χ1v) is 9.91. The molecule has 28 heavy (non-hydrogen) atoms. The minimum atomic E-state index is -0.630. The number of amides is 2. The molecule has 8 nitrogen and oxygen atoms in total. The maximum atomic E-state index is 13.0. The van der Waals surface area contributed by atoms with Crippen LogP contribution in [0.15, 0.2) is 46.6 Å². The van der Waals surface area contributed by atoms with Gasteiger partial charge in [0.25, 0.3) is 11.5 Å². The van der Waals surface area contributed by atoms with Gasteiger partial charge in [-0.25, -0.2) is 0 Å². The van der Waals surface area contributed by atoms with E-state index in [9.17, 15) is 14.4 Å². The molecule has 0 atom stereocenters. The molecular weight excluding hydrogens is 398 g/mol. The van der Waals surface area contributed by atoms with Crippen molar-refractivity contribution < 1.29 is 9.59 Å². The van der Waals surface area contributed by atoms with Crippen LogP contribution < -0.4 is 20.7 Å². The lowest BCUT2D eigenvalue weighted by atomic mass is 10.1. The number of hydrogen-bond donors (Lipinski definition) is 1. The Kier molecular flexibility index (Phi) is 3.64. The fourth-order valence-electron chi connectivity index (χ4n) is 3.21. The van der Waals surface area contributed by atoms with Crippen molar-refractivity contribution in [3.63, 3.8) is 0 Å². The number of thiophene rings is 1. The number of carbonyl (C=O) groups is 2. The van der Waals surface area contributed by atoms with Crippen LogP contribution in [0.25, 0.3) is 21.2 Å². The number of benzene rings is 1. The number of carbonyl (C=O) groups excluding carboxylic acids is 2. The zero-order valence-corrected chi connectivity index (χ0v) is 15.8. The second-order valence-corrected chi connectivity index (χ2v) is 8.02. The van der Waals surface area contributed by atoms with Gasteiger partial charge < -0.3 is 5.73 Å². The Hall–Kier alpha value is -3.37. The number of anilines is 1. The molecule has 0 radical (unpaired) electrons. The van der Waals surface area contributed by atoms with Crippen molar-refractivity contribution in [2.75, 3.05) is 11.4 Å². The van der Waals surface area contributed by atoms with E-state index in [-0.39, 0.29) is 16.7 Å². The number of rotatable bonds is 3. The van der Waals surface area contributed by atoms with Crippen LogP contribution in [-0.4, -0.2) is 33.0 Å². The van der Waals surface area contributed by atoms with Crippen molar-refractivity contribution in [2.45, 2.75) is 0 Å².